The maximum absolute atomic E-state index is 11.2. The van der Waals surface area contributed by atoms with Crippen molar-refractivity contribution in [2.24, 2.45) is 11.8 Å². The summed E-state index contributed by atoms with van der Waals surface area (Å²) in [6.45, 7) is 5.04. The lowest BCUT2D eigenvalue weighted by Crippen LogP contribution is -2.44. The third-order valence-corrected chi connectivity index (χ3v) is 2.30. The Kier molecular flexibility index (Phi) is 6.70. The van der Waals surface area contributed by atoms with Crippen molar-refractivity contribution in [3.63, 3.8) is 0 Å². The zero-order chi connectivity index (χ0) is 11.8. The fraction of sp³-hybridized carbons (Fsp3) is 0.800. The zero-order valence-corrected chi connectivity index (χ0v) is 9.45. The van der Waals surface area contributed by atoms with Crippen LogP contribution in [0.15, 0.2) is 0 Å². The molecule has 0 bridgehead atoms. The molecule has 1 heterocycles. The lowest BCUT2D eigenvalue weighted by atomic mass is 9.86. The molecule has 15 heavy (non-hydrogen) atoms. The average Bonchev–Trinajstić information content (AvgIpc) is 2.30. The second-order valence-corrected chi connectivity index (χ2v) is 3.07. The van der Waals surface area contributed by atoms with E-state index in [2.05, 4.69) is 10.1 Å². The summed E-state index contributed by atoms with van der Waals surface area (Å²) in [6, 6.07) is 0. The molecule has 2 unspecified atom stereocenters. The Morgan fingerprint density at radius 2 is 1.93 bits per heavy atom. The summed E-state index contributed by atoms with van der Waals surface area (Å²) in [5, 5.41) is 11.8. The fourth-order valence-electron chi connectivity index (χ4n) is 1.55. The molecule has 2 atom stereocenters. The van der Waals surface area contributed by atoms with E-state index in [1.165, 1.54) is 7.11 Å². The molecule has 0 spiro atoms. The normalized spacial score (nSPS) is 24.7. The van der Waals surface area contributed by atoms with Gasteiger partial charge in [-0.3, -0.25) is 9.59 Å². The quantitative estimate of drug-likeness (QED) is 0.659. The Balaban J connectivity index is 0.000000921. The highest BCUT2D eigenvalue weighted by molar-refractivity contribution is 5.81. The van der Waals surface area contributed by atoms with Crippen LogP contribution >= 0.6 is 0 Å². The Morgan fingerprint density at radius 1 is 1.33 bits per heavy atom. The lowest BCUT2D eigenvalue weighted by Gasteiger charge is -2.26. The summed E-state index contributed by atoms with van der Waals surface area (Å²) < 4.78 is 4.53. The minimum absolute atomic E-state index is 0.393. The number of esters is 1. The van der Waals surface area contributed by atoms with E-state index in [1.807, 2.05) is 13.8 Å². The molecule has 0 aromatic carbocycles. The standard InChI is InChI=1S/C8H13NO4.C2H6/c1-13-8(12)6-4-9-3-2-5(6)7(10)11;1-2/h5-6,9H,2-4H2,1H3,(H,10,11);1-2H3. The molecule has 1 fully saturated rings. The Bertz CT molecular complexity index is 217. The molecule has 1 rings (SSSR count). The van der Waals surface area contributed by atoms with E-state index in [0.29, 0.717) is 19.5 Å². The van der Waals surface area contributed by atoms with E-state index in [-0.39, 0.29) is 0 Å². The fourth-order valence-corrected chi connectivity index (χ4v) is 1.55. The smallest absolute Gasteiger partial charge is 0.310 e. The highest BCUT2D eigenvalue weighted by atomic mass is 16.5. The molecular weight excluding hydrogens is 198 g/mol. The van der Waals surface area contributed by atoms with Crippen LogP contribution in [0.2, 0.25) is 0 Å². The molecule has 5 nitrogen and oxygen atoms in total. The number of carboxylic acid groups (broad SMARTS) is 1. The average molecular weight is 217 g/mol. The largest absolute Gasteiger partial charge is 0.481 e. The van der Waals surface area contributed by atoms with Gasteiger partial charge < -0.3 is 15.2 Å². The van der Waals surface area contributed by atoms with Gasteiger partial charge in [0, 0.05) is 6.54 Å². The van der Waals surface area contributed by atoms with Gasteiger partial charge in [0.2, 0.25) is 0 Å². The van der Waals surface area contributed by atoms with Crippen LogP contribution in [0.4, 0.5) is 0 Å². The van der Waals surface area contributed by atoms with Crippen LogP contribution in [-0.4, -0.2) is 37.2 Å². The maximum Gasteiger partial charge on any atom is 0.310 e. The van der Waals surface area contributed by atoms with Crippen molar-refractivity contribution in [1.29, 1.82) is 0 Å². The molecule has 0 saturated carbocycles. The van der Waals surface area contributed by atoms with Crippen LogP contribution < -0.4 is 5.32 Å². The molecule has 0 radical (unpaired) electrons. The first-order valence-corrected chi connectivity index (χ1v) is 5.18. The van der Waals surface area contributed by atoms with Crippen LogP contribution in [0.1, 0.15) is 20.3 Å². The van der Waals surface area contributed by atoms with Crippen LogP contribution in [0.25, 0.3) is 0 Å². The number of carbonyl (C=O) groups is 2. The predicted molar refractivity (Wildman–Crippen MR) is 55.5 cm³/mol. The summed E-state index contributed by atoms with van der Waals surface area (Å²) in [5.74, 6) is -2.51. The van der Waals surface area contributed by atoms with Crippen molar-refractivity contribution >= 4 is 11.9 Å². The lowest BCUT2D eigenvalue weighted by molar-refractivity contribution is -0.156. The van der Waals surface area contributed by atoms with Gasteiger partial charge >= 0.3 is 11.9 Å². The Labute approximate surface area is 89.8 Å². The zero-order valence-electron chi connectivity index (χ0n) is 9.45. The first-order chi connectivity index (χ1) is 7.16. The van der Waals surface area contributed by atoms with Crippen LogP contribution in [0.5, 0.6) is 0 Å². The Morgan fingerprint density at radius 3 is 2.40 bits per heavy atom. The highest BCUT2D eigenvalue weighted by Crippen LogP contribution is 2.20. The van der Waals surface area contributed by atoms with Crippen LogP contribution in [0.3, 0.4) is 0 Å². The molecule has 88 valence electrons. The first kappa shape index (κ1) is 13.9. The summed E-state index contributed by atoms with van der Waals surface area (Å²) in [6.07, 6.45) is 0.481. The highest BCUT2D eigenvalue weighted by Gasteiger charge is 2.36. The van der Waals surface area contributed by atoms with Gasteiger partial charge in [0.1, 0.15) is 0 Å². The number of carbonyl (C=O) groups excluding carboxylic acids is 1. The van der Waals surface area contributed by atoms with Crippen molar-refractivity contribution in [3.8, 4) is 0 Å². The molecular formula is C10H19NO4. The third-order valence-electron chi connectivity index (χ3n) is 2.30. The maximum atomic E-state index is 11.2. The van der Waals surface area contributed by atoms with E-state index in [1.54, 1.807) is 0 Å². The summed E-state index contributed by atoms with van der Waals surface area (Å²) >= 11 is 0. The molecule has 0 aliphatic carbocycles. The summed E-state index contributed by atoms with van der Waals surface area (Å²) in [5.41, 5.74) is 0. The molecule has 1 aliphatic rings. The first-order valence-electron chi connectivity index (χ1n) is 5.18. The molecule has 2 N–H and O–H groups in total. The van der Waals surface area contributed by atoms with Crippen LogP contribution in [0, 0.1) is 11.8 Å². The molecule has 5 heteroatoms. The van der Waals surface area contributed by atoms with Crippen molar-refractivity contribution in [3.05, 3.63) is 0 Å². The SMILES string of the molecule is CC.COC(=O)C1CNCCC1C(=O)O. The van der Waals surface area contributed by atoms with Crippen molar-refractivity contribution in [2.75, 3.05) is 20.2 Å². The second kappa shape index (κ2) is 7.23. The van der Waals surface area contributed by atoms with Gasteiger partial charge in [0.05, 0.1) is 18.9 Å². The van der Waals surface area contributed by atoms with Crippen molar-refractivity contribution < 1.29 is 19.4 Å². The Hall–Kier alpha value is -1.10. The van der Waals surface area contributed by atoms with E-state index >= 15 is 0 Å². The van der Waals surface area contributed by atoms with Crippen molar-refractivity contribution in [1.82, 2.24) is 5.32 Å². The third kappa shape index (κ3) is 3.87. The van der Waals surface area contributed by atoms with E-state index in [0.717, 1.165) is 0 Å². The van der Waals surface area contributed by atoms with Gasteiger partial charge in [-0.2, -0.15) is 0 Å². The van der Waals surface area contributed by atoms with E-state index < -0.39 is 23.8 Å². The molecule has 0 aromatic heterocycles. The molecule has 0 amide bonds. The molecule has 1 saturated heterocycles. The number of aliphatic carboxylic acids is 1. The number of piperidine rings is 1. The minimum Gasteiger partial charge on any atom is -0.481 e. The summed E-state index contributed by atoms with van der Waals surface area (Å²) in [4.78, 5) is 21.9. The van der Waals surface area contributed by atoms with Gasteiger partial charge in [0.15, 0.2) is 0 Å². The topological polar surface area (TPSA) is 75.6 Å². The summed E-state index contributed by atoms with van der Waals surface area (Å²) in [7, 11) is 1.27. The van der Waals surface area contributed by atoms with Gasteiger partial charge in [0.25, 0.3) is 0 Å². The van der Waals surface area contributed by atoms with Crippen molar-refractivity contribution in [2.45, 2.75) is 20.3 Å². The minimum atomic E-state index is -0.920. The van der Waals surface area contributed by atoms with E-state index in [9.17, 15) is 9.59 Å². The van der Waals surface area contributed by atoms with Gasteiger partial charge in [-0.15, -0.1) is 0 Å². The van der Waals surface area contributed by atoms with Gasteiger partial charge in [-0.1, -0.05) is 13.8 Å². The van der Waals surface area contributed by atoms with Gasteiger partial charge in [-0.05, 0) is 13.0 Å². The monoisotopic (exact) mass is 217 g/mol. The number of nitrogens with one attached hydrogen (secondary N) is 1. The molecule has 0 aromatic rings. The van der Waals surface area contributed by atoms with Gasteiger partial charge in [-0.25, -0.2) is 0 Å². The molecule has 1 aliphatic heterocycles. The number of ether oxygens (including phenoxy) is 1. The van der Waals surface area contributed by atoms with E-state index in [4.69, 9.17) is 5.11 Å². The number of carboxylic acids is 1. The number of rotatable bonds is 2. The predicted octanol–water partition coefficient (Wildman–Crippen LogP) is 0.496. The number of methoxy groups -OCH3 is 1. The van der Waals surface area contributed by atoms with Crippen LogP contribution in [-0.2, 0) is 14.3 Å². The number of hydrogen-bond donors (Lipinski definition) is 2. The number of hydrogen-bond acceptors (Lipinski definition) is 4. The second-order valence-electron chi connectivity index (χ2n) is 3.07.